The van der Waals surface area contributed by atoms with Crippen LogP contribution in [-0.4, -0.2) is 29.6 Å². The summed E-state index contributed by atoms with van der Waals surface area (Å²) < 4.78 is 5.16. The van der Waals surface area contributed by atoms with E-state index in [-0.39, 0.29) is 17.2 Å². The zero-order valence-electron chi connectivity index (χ0n) is 13.8. The van der Waals surface area contributed by atoms with Gasteiger partial charge in [0.05, 0.1) is 0 Å². The number of aromatic hydroxyl groups is 1. The lowest BCUT2D eigenvalue weighted by molar-refractivity contribution is -0.129. The number of carbonyl (C=O) groups excluding carboxylic acids is 2. The molecule has 1 aliphatic carbocycles. The maximum absolute atomic E-state index is 12.1. The van der Waals surface area contributed by atoms with Crippen molar-refractivity contribution in [2.75, 3.05) is 6.54 Å². The largest absolute Gasteiger partial charge is 0.507 e. The molecule has 0 saturated heterocycles. The summed E-state index contributed by atoms with van der Waals surface area (Å²) >= 11 is 0. The lowest BCUT2D eigenvalue weighted by atomic mass is 9.89. The van der Waals surface area contributed by atoms with Crippen LogP contribution in [0.5, 0.6) is 5.75 Å². The van der Waals surface area contributed by atoms with Crippen LogP contribution in [0.15, 0.2) is 18.2 Å². The highest BCUT2D eigenvalue weighted by molar-refractivity contribution is 5.94. The molecule has 1 fully saturated rings. The predicted molar refractivity (Wildman–Crippen MR) is 87.3 cm³/mol. The summed E-state index contributed by atoms with van der Waals surface area (Å²) in [7, 11) is 0. The van der Waals surface area contributed by atoms with Crippen molar-refractivity contribution in [2.45, 2.75) is 52.1 Å². The molecule has 0 aromatic heterocycles. The van der Waals surface area contributed by atoms with Gasteiger partial charge in [-0.3, -0.25) is 4.79 Å². The molecule has 1 aromatic rings. The Morgan fingerprint density at radius 3 is 2.70 bits per heavy atom. The molecule has 0 radical (unpaired) electrons. The van der Waals surface area contributed by atoms with Crippen LogP contribution in [0, 0.1) is 12.8 Å². The average molecular weight is 319 g/mol. The Hall–Kier alpha value is -2.04. The van der Waals surface area contributed by atoms with E-state index in [1.165, 1.54) is 25.3 Å². The third-order valence-corrected chi connectivity index (χ3v) is 4.40. The molecule has 23 heavy (non-hydrogen) atoms. The number of phenolic OH excluding ortho intramolecular Hbond substituents is 1. The summed E-state index contributed by atoms with van der Waals surface area (Å²) in [6.07, 6.45) is 5.12. The fourth-order valence-electron chi connectivity index (χ4n) is 2.88. The minimum Gasteiger partial charge on any atom is -0.507 e. The molecule has 0 spiro atoms. The second-order valence-electron chi connectivity index (χ2n) is 6.27. The van der Waals surface area contributed by atoms with Crippen molar-refractivity contribution in [3.05, 3.63) is 29.3 Å². The van der Waals surface area contributed by atoms with Gasteiger partial charge in [0.1, 0.15) is 11.3 Å². The van der Waals surface area contributed by atoms with Gasteiger partial charge in [-0.2, -0.15) is 0 Å². The zero-order valence-corrected chi connectivity index (χ0v) is 13.8. The molecule has 5 nitrogen and oxygen atoms in total. The van der Waals surface area contributed by atoms with Gasteiger partial charge < -0.3 is 15.2 Å². The lowest BCUT2D eigenvalue weighted by Gasteiger charge is -2.22. The first-order chi connectivity index (χ1) is 11.0. The first-order valence-electron chi connectivity index (χ1n) is 8.26. The molecular weight excluding hydrogens is 294 g/mol. The number of carbonyl (C=O) groups is 2. The predicted octanol–water partition coefficient (Wildman–Crippen LogP) is 2.94. The molecule has 0 bridgehead atoms. The van der Waals surface area contributed by atoms with Gasteiger partial charge in [-0.05, 0) is 44.2 Å². The summed E-state index contributed by atoms with van der Waals surface area (Å²) in [5, 5.41) is 12.7. The van der Waals surface area contributed by atoms with E-state index in [4.69, 9.17) is 4.74 Å². The van der Waals surface area contributed by atoms with Gasteiger partial charge in [-0.1, -0.05) is 31.4 Å². The number of hydrogen-bond donors (Lipinski definition) is 2. The molecule has 0 heterocycles. The normalized spacial score (nSPS) is 16.6. The summed E-state index contributed by atoms with van der Waals surface area (Å²) in [6.45, 7) is 3.88. The van der Waals surface area contributed by atoms with Crippen LogP contribution in [-0.2, 0) is 9.53 Å². The highest BCUT2D eigenvalue weighted by atomic mass is 16.5. The third-order valence-electron chi connectivity index (χ3n) is 4.40. The smallest absolute Gasteiger partial charge is 0.342 e. The Labute approximate surface area is 137 Å². The van der Waals surface area contributed by atoms with Crippen LogP contribution < -0.4 is 5.32 Å². The molecule has 1 saturated carbocycles. The molecular formula is C18H25NO4. The fourth-order valence-corrected chi connectivity index (χ4v) is 2.88. The Morgan fingerprint density at radius 1 is 1.30 bits per heavy atom. The zero-order chi connectivity index (χ0) is 16.8. The topological polar surface area (TPSA) is 75.6 Å². The van der Waals surface area contributed by atoms with Crippen molar-refractivity contribution in [2.24, 2.45) is 5.92 Å². The van der Waals surface area contributed by atoms with Gasteiger partial charge >= 0.3 is 5.97 Å². The van der Waals surface area contributed by atoms with E-state index >= 15 is 0 Å². The van der Waals surface area contributed by atoms with Crippen LogP contribution >= 0.6 is 0 Å². The van der Waals surface area contributed by atoms with Gasteiger partial charge in [-0.25, -0.2) is 4.79 Å². The van der Waals surface area contributed by atoms with Gasteiger partial charge in [0, 0.05) is 6.54 Å². The molecule has 126 valence electrons. The summed E-state index contributed by atoms with van der Waals surface area (Å²) in [6, 6.07) is 4.85. The number of rotatable bonds is 5. The number of nitrogens with one attached hydrogen (secondary N) is 1. The van der Waals surface area contributed by atoms with Crippen molar-refractivity contribution in [3.8, 4) is 5.75 Å². The quantitative estimate of drug-likeness (QED) is 0.818. The van der Waals surface area contributed by atoms with E-state index in [0.717, 1.165) is 12.8 Å². The number of para-hydroxylation sites is 1. The van der Waals surface area contributed by atoms with Crippen molar-refractivity contribution in [1.82, 2.24) is 5.32 Å². The van der Waals surface area contributed by atoms with E-state index < -0.39 is 12.1 Å². The maximum atomic E-state index is 12.1. The fraction of sp³-hybridized carbons (Fsp3) is 0.556. The van der Waals surface area contributed by atoms with E-state index in [2.05, 4.69) is 5.32 Å². The third kappa shape index (κ3) is 4.71. The number of aryl methyl sites for hydroxylation is 1. The first-order valence-corrected chi connectivity index (χ1v) is 8.26. The van der Waals surface area contributed by atoms with Gasteiger partial charge in [0.2, 0.25) is 0 Å². The Balaban J connectivity index is 1.85. The molecule has 1 aromatic carbocycles. The SMILES string of the molecule is Cc1cccc(C(=O)OC(C)C(=O)NCC2CCCCC2)c1O. The number of amides is 1. The minimum absolute atomic E-state index is 0.0805. The number of ether oxygens (including phenoxy) is 1. The van der Waals surface area contributed by atoms with Crippen molar-refractivity contribution >= 4 is 11.9 Å². The highest BCUT2D eigenvalue weighted by Gasteiger charge is 2.22. The molecule has 0 aliphatic heterocycles. The molecule has 2 N–H and O–H groups in total. The maximum Gasteiger partial charge on any atom is 0.342 e. The second-order valence-corrected chi connectivity index (χ2v) is 6.27. The average Bonchev–Trinajstić information content (AvgIpc) is 2.55. The summed E-state index contributed by atoms with van der Waals surface area (Å²) in [5.74, 6) is -0.564. The van der Waals surface area contributed by atoms with Crippen molar-refractivity contribution in [1.29, 1.82) is 0 Å². The standard InChI is InChI=1S/C18H25NO4/c1-12-7-6-10-15(16(12)20)18(22)23-13(2)17(21)19-11-14-8-4-3-5-9-14/h6-7,10,13-14,20H,3-5,8-9,11H2,1-2H3,(H,19,21). The van der Waals surface area contributed by atoms with E-state index in [0.29, 0.717) is 18.0 Å². The highest BCUT2D eigenvalue weighted by Crippen LogP contribution is 2.23. The summed E-state index contributed by atoms with van der Waals surface area (Å²) in [4.78, 5) is 24.1. The number of hydrogen-bond acceptors (Lipinski definition) is 4. The Kier molecular flexibility index (Phi) is 6.02. The Morgan fingerprint density at radius 2 is 2.00 bits per heavy atom. The van der Waals surface area contributed by atoms with E-state index in [1.54, 1.807) is 26.0 Å². The van der Waals surface area contributed by atoms with Gasteiger partial charge in [-0.15, -0.1) is 0 Å². The molecule has 1 unspecified atom stereocenters. The van der Waals surface area contributed by atoms with Crippen molar-refractivity contribution < 1.29 is 19.4 Å². The lowest BCUT2D eigenvalue weighted by Crippen LogP contribution is -2.38. The van der Waals surface area contributed by atoms with Crippen LogP contribution in [0.2, 0.25) is 0 Å². The van der Waals surface area contributed by atoms with Crippen LogP contribution in [0.4, 0.5) is 0 Å². The number of phenols is 1. The van der Waals surface area contributed by atoms with Gasteiger partial charge in [0.25, 0.3) is 5.91 Å². The molecule has 1 aliphatic rings. The van der Waals surface area contributed by atoms with Crippen LogP contribution in [0.25, 0.3) is 0 Å². The van der Waals surface area contributed by atoms with Gasteiger partial charge in [0.15, 0.2) is 6.10 Å². The minimum atomic E-state index is -0.883. The van der Waals surface area contributed by atoms with Crippen LogP contribution in [0.1, 0.15) is 54.9 Å². The number of benzene rings is 1. The second kappa shape index (κ2) is 7.99. The molecule has 1 amide bonds. The molecule has 2 rings (SSSR count). The molecule has 5 heteroatoms. The first kappa shape index (κ1) is 17.3. The number of esters is 1. The summed E-state index contributed by atoms with van der Waals surface area (Å²) in [5.41, 5.74) is 0.672. The van der Waals surface area contributed by atoms with E-state index in [1.807, 2.05) is 0 Å². The monoisotopic (exact) mass is 319 g/mol. The Bertz CT molecular complexity index is 564. The van der Waals surface area contributed by atoms with Crippen molar-refractivity contribution in [3.63, 3.8) is 0 Å². The molecule has 1 atom stereocenters. The van der Waals surface area contributed by atoms with Crippen LogP contribution in [0.3, 0.4) is 0 Å². The van der Waals surface area contributed by atoms with E-state index in [9.17, 15) is 14.7 Å².